The van der Waals surface area contributed by atoms with Crippen molar-refractivity contribution >= 4 is 39.9 Å². The molecule has 47 heavy (non-hydrogen) atoms. The third-order valence-corrected chi connectivity index (χ3v) is 8.22. The van der Waals surface area contributed by atoms with Crippen LogP contribution in [0.2, 0.25) is 0 Å². The number of rotatable bonds is 8. The number of nitrogens with zero attached hydrogens (tertiary/aromatic N) is 3. The highest BCUT2D eigenvalue weighted by atomic mass is 79.9. The summed E-state index contributed by atoms with van der Waals surface area (Å²) >= 11 is 8.94. The van der Waals surface area contributed by atoms with Gasteiger partial charge in [0.2, 0.25) is 0 Å². The van der Waals surface area contributed by atoms with Crippen LogP contribution >= 0.6 is 39.9 Å². The van der Waals surface area contributed by atoms with Crippen molar-refractivity contribution < 1.29 is 26.3 Å². The highest BCUT2D eigenvalue weighted by molar-refractivity contribution is 9.08. The lowest BCUT2D eigenvalue weighted by Crippen LogP contribution is -2.16. The largest absolute Gasteiger partial charge is 0.433 e. The molecule has 4 aromatic heterocycles. The van der Waals surface area contributed by atoms with Gasteiger partial charge in [0, 0.05) is 48.0 Å². The number of hydrogen-bond donors (Lipinski definition) is 3. The Bertz CT molecular complexity index is 1720. The van der Waals surface area contributed by atoms with Crippen LogP contribution in [0, 0.1) is 4.77 Å². The van der Waals surface area contributed by atoms with Gasteiger partial charge >= 0.3 is 12.4 Å². The van der Waals surface area contributed by atoms with Crippen LogP contribution in [-0.2, 0) is 49.1 Å². The molecule has 0 spiro atoms. The Labute approximate surface area is 284 Å². The molecule has 0 saturated heterocycles. The summed E-state index contributed by atoms with van der Waals surface area (Å²) in [5.74, 6) is 0.430. The first-order valence-corrected chi connectivity index (χ1v) is 16.8. The summed E-state index contributed by atoms with van der Waals surface area (Å²) in [5.41, 5.74) is 3.29. The Morgan fingerprint density at radius 3 is 1.60 bits per heavy atom. The quantitative estimate of drug-likeness (QED) is 0.0545. The molecule has 0 fully saturated rings. The molecule has 0 aromatic carbocycles. The van der Waals surface area contributed by atoms with Gasteiger partial charge in [0.05, 0.1) is 0 Å². The number of alkyl halides is 7. The molecule has 0 radical (unpaired) electrons. The minimum atomic E-state index is -4.64. The van der Waals surface area contributed by atoms with Crippen LogP contribution in [0.4, 0.5) is 26.3 Å². The van der Waals surface area contributed by atoms with Crippen LogP contribution in [0.3, 0.4) is 0 Å². The fourth-order valence-corrected chi connectivity index (χ4v) is 6.06. The molecule has 0 amide bonds. The molecule has 4 heterocycles. The molecule has 4 rings (SSSR count). The summed E-state index contributed by atoms with van der Waals surface area (Å²) in [6, 6.07) is 0.876. The summed E-state index contributed by atoms with van der Waals surface area (Å²) in [7, 11) is 0. The molecule has 0 aliphatic carbocycles. The average molecular weight is 768 g/mol. The van der Waals surface area contributed by atoms with E-state index < -0.39 is 34.9 Å². The topological polar surface area (TPSA) is 120 Å². The number of halogens is 7. The van der Waals surface area contributed by atoms with Crippen LogP contribution < -0.4 is 11.1 Å². The maximum Gasteiger partial charge on any atom is 0.433 e. The number of aromatic amines is 3. The van der Waals surface area contributed by atoms with Gasteiger partial charge in [0.15, 0.2) is 15.6 Å². The van der Waals surface area contributed by atoms with Crippen molar-refractivity contribution in [3.8, 4) is 0 Å². The van der Waals surface area contributed by atoms with Gasteiger partial charge in [-0.15, -0.1) is 0 Å². The number of nitrogens with one attached hydrogen (secondary N) is 3. The predicted octanol–water partition coefficient (Wildman–Crippen LogP) is 8.15. The monoisotopic (exact) mass is 766 g/mol. The van der Waals surface area contributed by atoms with E-state index in [0.29, 0.717) is 17.9 Å². The van der Waals surface area contributed by atoms with E-state index in [-0.39, 0.29) is 9.93 Å². The lowest BCUT2D eigenvalue weighted by molar-refractivity contribution is -0.142. The average Bonchev–Trinajstić information content (AvgIpc) is 3.02. The standard InChI is InChI=1S/C15H16F3N3OS.C10H14BrN.C5H3F3N2OS/c1-3-9-6-19-7-10(4-2)11(9)8-23-14-20-12(15(16,17)18)5-13(22)21-14;1-3-8-6-12-7-9(4-2)10(8)5-11;6-5(7,8)2-1-3(11)10-4(12)9-2/h5-7H,3-4,8H2,1-2H3,(H,20,21,22);6-7H,3-5H2,1-2H3;1H,(H2,9,10,11,12). The molecule has 0 bridgehead atoms. The third kappa shape index (κ3) is 12.3. The van der Waals surface area contributed by atoms with E-state index in [0.717, 1.165) is 59.5 Å². The van der Waals surface area contributed by atoms with E-state index in [1.165, 1.54) is 16.7 Å². The number of thioether (sulfide) groups is 1. The summed E-state index contributed by atoms with van der Waals surface area (Å²) in [6.45, 7) is 8.33. The molecule has 0 aliphatic rings. The van der Waals surface area contributed by atoms with Gasteiger partial charge in [-0.3, -0.25) is 24.5 Å². The molecule has 17 heteroatoms. The van der Waals surface area contributed by atoms with E-state index in [1.807, 2.05) is 36.2 Å². The number of hydrogen-bond acceptors (Lipinski definition) is 7. The van der Waals surface area contributed by atoms with E-state index in [2.05, 4.69) is 61.9 Å². The number of aromatic nitrogens is 6. The molecular formula is C30H33BrF6N6O2S2. The molecule has 0 unspecified atom stereocenters. The Balaban J connectivity index is 0.000000270. The lowest BCUT2D eigenvalue weighted by Gasteiger charge is -2.12. The highest BCUT2D eigenvalue weighted by Crippen LogP contribution is 2.29. The minimum absolute atomic E-state index is 0.0363. The van der Waals surface area contributed by atoms with Crippen molar-refractivity contribution in [2.24, 2.45) is 0 Å². The highest BCUT2D eigenvalue weighted by Gasteiger charge is 2.33. The summed E-state index contributed by atoms with van der Waals surface area (Å²) in [6.07, 6.45) is 1.96. The van der Waals surface area contributed by atoms with Crippen molar-refractivity contribution in [2.75, 3.05) is 0 Å². The van der Waals surface area contributed by atoms with Gasteiger partial charge in [0.1, 0.15) is 5.69 Å². The summed E-state index contributed by atoms with van der Waals surface area (Å²) in [4.78, 5) is 39.9. The van der Waals surface area contributed by atoms with Gasteiger partial charge < -0.3 is 9.97 Å². The summed E-state index contributed by atoms with van der Waals surface area (Å²) in [5, 5.41) is 0.910. The normalized spacial score (nSPS) is 11.3. The van der Waals surface area contributed by atoms with Crippen molar-refractivity contribution in [3.63, 3.8) is 0 Å². The fourth-order valence-electron chi connectivity index (χ4n) is 4.15. The van der Waals surface area contributed by atoms with Crippen LogP contribution in [0.25, 0.3) is 0 Å². The molecule has 0 aliphatic heterocycles. The Morgan fingerprint density at radius 2 is 1.19 bits per heavy atom. The zero-order chi connectivity index (χ0) is 35.4. The Kier molecular flexibility index (Phi) is 15.5. The van der Waals surface area contributed by atoms with Gasteiger partial charge in [-0.25, -0.2) is 4.98 Å². The fraction of sp³-hybridized carbons (Fsp3) is 0.400. The van der Waals surface area contributed by atoms with Crippen molar-refractivity contribution in [2.45, 2.75) is 82.0 Å². The second-order valence-electron chi connectivity index (χ2n) is 9.64. The lowest BCUT2D eigenvalue weighted by atomic mass is 10.0. The third-order valence-electron chi connectivity index (χ3n) is 6.56. The first-order chi connectivity index (χ1) is 22.1. The Hall–Kier alpha value is -3.31. The van der Waals surface area contributed by atoms with Gasteiger partial charge in [0.25, 0.3) is 11.1 Å². The molecule has 4 aromatic rings. The molecule has 256 valence electrons. The maximum absolute atomic E-state index is 12.7. The van der Waals surface area contributed by atoms with Crippen LogP contribution in [0.5, 0.6) is 0 Å². The molecule has 8 nitrogen and oxygen atoms in total. The van der Waals surface area contributed by atoms with E-state index in [9.17, 15) is 35.9 Å². The second-order valence-corrected chi connectivity index (χ2v) is 11.6. The van der Waals surface area contributed by atoms with E-state index >= 15 is 0 Å². The Morgan fingerprint density at radius 1 is 0.723 bits per heavy atom. The zero-order valence-electron chi connectivity index (χ0n) is 25.8. The van der Waals surface area contributed by atoms with Crippen LogP contribution in [0.15, 0.2) is 51.7 Å². The van der Waals surface area contributed by atoms with Crippen molar-refractivity contribution in [1.29, 1.82) is 0 Å². The van der Waals surface area contributed by atoms with Crippen LogP contribution in [0.1, 0.15) is 72.5 Å². The first kappa shape index (κ1) is 39.9. The smallest absolute Gasteiger partial charge is 0.328 e. The molecule has 0 saturated carbocycles. The number of pyridine rings is 2. The van der Waals surface area contributed by atoms with Gasteiger partial charge in [-0.05, 0) is 71.3 Å². The van der Waals surface area contributed by atoms with Gasteiger partial charge in [-0.2, -0.15) is 26.3 Å². The number of H-pyrrole nitrogens is 3. The van der Waals surface area contributed by atoms with Crippen LogP contribution in [-0.4, -0.2) is 29.9 Å². The molecule has 3 N–H and O–H groups in total. The SMILES string of the molecule is CCc1cncc(CC)c1CBr.CCc1cncc(CC)c1CSc1nc(C(F)(F)F)cc(=O)[nH]1.O=c1cc(C(F)(F)F)[nH]c(=S)[nH]1. The van der Waals surface area contributed by atoms with E-state index in [4.69, 9.17) is 0 Å². The van der Waals surface area contributed by atoms with Crippen molar-refractivity contribution in [3.05, 3.63) is 107 Å². The minimum Gasteiger partial charge on any atom is -0.328 e. The van der Waals surface area contributed by atoms with Crippen molar-refractivity contribution in [1.82, 2.24) is 29.9 Å². The molecular weight excluding hydrogens is 734 g/mol. The molecule has 0 atom stereocenters. The maximum atomic E-state index is 12.7. The first-order valence-electron chi connectivity index (χ1n) is 14.2. The second kappa shape index (κ2) is 18.3. The summed E-state index contributed by atoms with van der Waals surface area (Å²) < 4.78 is 73.6. The van der Waals surface area contributed by atoms with E-state index in [1.54, 1.807) is 12.4 Å². The van der Waals surface area contributed by atoms with Gasteiger partial charge in [-0.1, -0.05) is 55.4 Å². The predicted molar refractivity (Wildman–Crippen MR) is 175 cm³/mol. The zero-order valence-corrected chi connectivity index (χ0v) is 29.0. The number of aryl methyl sites for hydroxylation is 4.